The Hall–Kier alpha value is -0.760. The highest BCUT2D eigenvalue weighted by molar-refractivity contribution is 7.89. The fourth-order valence-electron chi connectivity index (χ4n) is 2.01. The first-order valence-corrected chi connectivity index (χ1v) is 7.06. The van der Waals surface area contributed by atoms with Crippen molar-refractivity contribution in [1.82, 2.24) is 4.31 Å². The minimum atomic E-state index is -4.01. The lowest BCUT2D eigenvalue weighted by atomic mass is 10.1. The first kappa shape index (κ1) is 16.3. The zero-order chi connectivity index (χ0) is 13.3. The molecule has 1 aliphatic rings. The highest BCUT2D eigenvalue weighted by Gasteiger charge is 2.31. The minimum Gasteiger partial charge on any atom is -0.327 e. The van der Waals surface area contributed by atoms with Crippen molar-refractivity contribution < 1.29 is 17.2 Å². The van der Waals surface area contributed by atoms with Crippen LogP contribution in [0.5, 0.6) is 0 Å². The summed E-state index contributed by atoms with van der Waals surface area (Å²) in [5.74, 6) is -1.73. The van der Waals surface area contributed by atoms with E-state index < -0.39 is 26.6 Å². The zero-order valence-corrected chi connectivity index (χ0v) is 11.7. The monoisotopic (exact) mass is 312 g/mol. The van der Waals surface area contributed by atoms with Crippen molar-refractivity contribution in [1.29, 1.82) is 0 Å². The van der Waals surface area contributed by atoms with E-state index in [1.165, 1.54) is 0 Å². The summed E-state index contributed by atoms with van der Waals surface area (Å²) < 4.78 is 52.0. The van der Waals surface area contributed by atoms with Crippen molar-refractivity contribution in [2.75, 3.05) is 13.1 Å². The predicted molar refractivity (Wildman–Crippen MR) is 69.6 cm³/mol. The van der Waals surface area contributed by atoms with E-state index in [-0.39, 0.29) is 31.5 Å². The third kappa shape index (κ3) is 3.42. The maximum atomic E-state index is 13.5. The Morgan fingerprint density at radius 2 is 2.00 bits per heavy atom. The van der Waals surface area contributed by atoms with E-state index in [0.29, 0.717) is 12.5 Å². The Balaban J connectivity index is 0.00000180. The normalized spacial score (nSPS) is 20.9. The van der Waals surface area contributed by atoms with Crippen LogP contribution in [0.1, 0.15) is 12.8 Å². The van der Waals surface area contributed by atoms with Crippen LogP contribution in [0, 0.1) is 11.6 Å². The summed E-state index contributed by atoms with van der Waals surface area (Å²) in [4.78, 5) is -0.628. The molecule has 1 aliphatic heterocycles. The number of sulfonamides is 1. The van der Waals surface area contributed by atoms with Crippen LogP contribution in [0.2, 0.25) is 0 Å². The summed E-state index contributed by atoms with van der Waals surface area (Å²) in [7, 11) is -4.01. The van der Waals surface area contributed by atoms with Gasteiger partial charge in [0, 0.05) is 19.1 Å². The smallest absolute Gasteiger partial charge is 0.246 e. The number of halogens is 3. The molecule has 1 atom stereocenters. The topological polar surface area (TPSA) is 63.4 Å². The molecular weight excluding hydrogens is 298 g/mol. The Labute approximate surface area is 117 Å². The number of hydrogen-bond acceptors (Lipinski definition) is 3. The molecule has 1 unspecified atom stereocenters. The number of hydrogen-bond donors (Lipinski definition) is 1. The summed E-state index contributed by atoms with van der Waals surface area (Å²) in [6.45, 7) is 0.421. The maximum absolute atomic E-state index is 13.5. The molecule has 8 heteroatoms. The van der Waals surface area contributed by atoms with Crippen LogP contribution in [-0.2, 0) is 10.0 Å². The SMILES string of the molecule is Cl.NC1CCCN(S(=O)(=O)c2cc(F)ccc2F)C1. The van der Waals surface area contributed by atoms with Gasteiger partial charge in [-0.05, 0) is 31.0 Å². The summed E-state index contributed by atoms with van der Waals surface area (Å²) in [6.07, 6.45) is 1.36. The fraction of sp³-hybridized carbons (Fsp3) is 0.455. The molecule has 0 radical (unpaired) electrons. The van der Waals surface area contributed by atoms with Gasteiger partial charge in [-0.2, -0.15) is 4.31 Å². The molecule has 1 aromatic carbocycles. The first-order valence-electron chi connectivity index (χ1n) is 5.62. The van der Waals surface area contributed by atoms with Crippen molar-refractivity contribution in [3.8, 4) is 0 Å². The molecule has 0 saturated carbocycles. The van der Waals surface area contributed by atoms with Gasteiger partial charge in [0.25, 0.3) is 0 Å². The molecule has 1 fully saturated rings. The zero-order valence-electron chi connectivity index (χ0n) is 10.1. The molecule has 2 N–H and O–H groups in total. The number of nitrogens with two attached hydrogens (primary N) is 1. The average molecular weight is 313 g/mol. The van der Waals surface area contributed by atoms with Gasteiger partial charge in [0.05, 0.1) is 0 Å². The molecule has 108 valence electrons. The molecule has 0 spiro atoms. The summed E-state index contributed by atoms with van der Waals surface area (Å²) in [6, 6.07) is 2.14. The van der Waals surface area contributed by atoms with Gasteiger partial charge in [-0.25, -0.2) is 17.2 Å². The average Bonchev–Trinajstić information content (AvgIpc) is 2.32. The van der Waals surface area contributed by atoms with E-state index in [0.717, 1.165) is 22.9 Å². The molecule has 0 aliphatic carbocycles. The second-order valence-electron chi connectivity index (χ2n) is 4.34. The van der Waals surface area contributed by atoms with Crippen LogP contribution in [-0.4, -0.2) is 31.9 Å². The van der Waals surface area contributed by atoms with Crippen molar-refractivity contribution >= 4 is 22.4 Å². The lowest BCUT2D eigenvalue weighted by Gasteiger charge is -2.29. The van der Waals surface area contributed by atoms with E-state index in [1.54, 1.807) is 0 Å². The summed E-state index contributed by atoms with van der Waals surface area (Å²) >= 11 is 0. The van der Waals surface area contributed by atoms with Crippen LogP contribution >= 0.6 is 12.4 Å². The third-order valence-electron chi connectivity index (χ3n) is 2.93. The van der Waals surface area contributed by atoms with Crippen molar-refractivity contribution in [2.45, 2.75) is 23.8 Å². The van der Waals surface area contributed by atoms with Crippen molar-refractivity contribution in [3.63, 3.8) is 0 Å². The summed E-state index contributed by atoms with van der Waals surface area (Å²) in [5.41, 5.74) is 5.69. The number of piperidine rings is 1. The Morgan fingerprint density at radius 3 is 2.63 bits per heavy atom. The quantitative estimate of drug-likeness (QED) is 0.900. The van der Waals surface area contributed by atoms with Gasteiger partial charge in [0.1, 0.15) is 16.5 Å². The number of benzene rings is 1. The van der Waals surface area contributed by atoms with Gasteiger partial charge in [-0.3, -0.25) is 0 Å². The molecule has 4 nitrogen and oxygen atoms in total. The van der Waals surface area contributed by atoms with Gasteiger partial charge >= 0.3 is 0 Å². The third-order valence-corrected chi connectivity index (χ3v) is 4.81. The molecule has 19 heavy (non-hydrogen) atoms. The predicted octanol–water partition coefficient (Wildman–Crippen LogP) is 1.50. The molecular formula is C11H15ClF2N2O2S. The van der Waals surface area contributed by atoms with Crippen LogP contribution in [0.4, 0.5) is 8.78 Å². The van der Waals surface area contributed by atoms with E-state index in [2.05, 4.69) is 0 Å². The minimum absolute atomic E-state index is 0. The molecule has 0 bridgehead atoms. The van der Waals surface area contributed by atoms with Crippen LogP contribution in [0.3, 0.4) is 0 Å². The highest BCUT2D eigenvalue weighted by atomic mass is 35.5. The molecule has 2 rings (SSSR count). The molecule has 0 aromatic heterocycles. The Bertz CT molecular complexity index is 554. The van der Waals surface area contributed by atoms with Gasteiger partial charge in [-0.15, -0.1) is 12.4 Å². The van der Waals surface area contributed by atoms with Gasteiger partial charge in [0.2, 0.25) is 10.0 Å². The second kappa shape index (κ2) is 6.13. The standard InChI is InChI=1S/C11H14F2N2O2S.ClH/c12-8-3-4-10(13)11(6-8)18(16,17)15-5-1-2-9(14)7-15;/h3-4,6,9H,1-2,5,7,14H2;1H. The van der Waals surface area contributed by atoms with Gasteiger partial charge < -0.3 is 5.73 Å². The Morgan fingerprint density at radius 1 is 1.32 bits per heavy atom. The van der Waals surface area contributed by atoms with E-state index in [1.807, 2.05) is 0 Å². The number of nitrogens with zero attached hydrogens (tertiary/aromatic N) is 1. The summed E-state index contributed by atoms with van der Waals surface area (Å²) in [5, 5.41) is 0. The number of rotatable bonds is 2. The van der Waals surface area contributed by atoms with Crippen molar-refractivity contribution in [3.05, 3.63) is 29.8 Å². The first-order chi connectivity index (χ1) is 8.41. The maximum Gasteiger partial charge on any atom is 0.246 e. The molecule has 1 saturated heterocycles. The van der Waals surface area contributed by atoms with Gasteiger partial charge in [-0.1, -0.05) is 0 Å². The highest BCUT2D eigenvalue weighted by Crippen LogP contribution is 2.23. The van der Waals surface area contributed by atoms with Crippen LogP contribution < -0.4 is 5.73 Å². The lowest BCUT2D eigenvalue weighted by Crippen LogP contribution is -2.45. The second-order valence-corrected chi connectivity index (χ2v) is 6.25. The molecule has 0 amide bonds. The van der Waals surface area contributed by atoms with E-state index >= 15 is 0 Å². The lowest BCUT2D eigenvalue weighted by molar-refractivity contribution is 0.314. The van der Waals surface area contributed by atoms with Crippen molar-refractivity contribution in [2.24, 2.45) is 5.73 Å². The molecule has 1 heterocycles. The largest absolute Gasteiger partial charge is 0.327 e. The fourth-order valence-corrected chi connectivity index (χ4v) is 3.62. The van der Waals surface area contributed by atoms with E-state index in [9.17, 15) is 17.2 Å². The van der Waals surface area contributed by atoms with Crippen LogP contribution in [0.25, 0.3) is 0 Å². The molecule has 1 aromatic rings. The van der Waals surface area contributed by atoms with Gasteiger partial charge in [0.15, 0.2) is 0 Å². The van der Waals surface area contributed by atoms with E-state index in [4.69, 9.17) is 5.73 Å². The van der Waals surface area contributed by atoms with Crippen LogP contribution in [0.15, 0.2) is 23.1 Å². The Kier molecular flexibility index (Phi) is 5.26.